The number of rotatable bonds is 6. The van der Waals surface area contributed by atoms with Crippen LogP contribution in [0.25, 0.3) is 0 Å². The highest BCUT2D eigenvalue weighted by molar-refractivity contribution is 5.77. The molecule has 0 unspecified atom stereocenters. The van der Waals surface area contributed by atoms with Crippen LogP contribution >= 0.6 is 0 Å². The molecule has 0 saturated carbocycles. The predicted octanol–water partition coefficient (Wildman–Crippen LogP) is 2.26. The molecule has 2 aliphatic rings. The first-order valence-electron chi connectivity index (χ1n) is 8.47. The van der Waals surface area contributed by atoms with E-state index in [1.165, 1.54) is 0 Å². The summed E-state index contributed by atoms with van der Waals surface area (Å²) in [4.78, 5) is 18.1. The molecule has 1 aromatic heterocycles. The largest absolute Gasteiger partial charge is 0.376 e. The zero-order valence-corrected chi connectivity index (χ0v) is 14.0. The van der Waals surface area contributed by atoms with Gasteiger partial charge in [0.15, 0.2) is 0 Å². The molecule has 3 heterocycles. The van der Waals surface area contributed by atoms with Gasteiger partial charge in [-0.1, -0.05) is 13.8 Å². The van der Waals surface area contributed by atoms with Crippen LogP contribution in [0, 0.1) is 11.8 Å². The van der Waals surface area contributed by atoms with Crippen molar-refractivity contribution in [2.75, 3.05) is 26.3 Å². The molecule has 1 aromatic rings. The summed E-state index contributed by atoms with van der Waals surface area (Å²) in [5, 5.41) is 0. The van der Waals surface area contributed by atoms with E-state index >= 15 is 0 Å². The molecule has 23 heavy (non-hydrogen) atoms. The van der Waals surface area contributed by atoms with Crippen molar-refractivity contribution in [2.45, 2.75) is 38.9 Å². The molecule has 1 spiro atoms. The molecular weight excluding hydrogens is 292 g/mol. The van der Waals surface area contributed by atoms with Gasteiger partial charge in [0.25, 0.3) is 0 Å². The highest BCUT2D eigenvalue weighted by Crippen LogP contribution is 2.40. The van der Waals surface area contributed by atoms with E-state index in [1.807, 2.05) is 17.0 Å². The number of aromatic nitrogens is 1. The van der Waals surface area contributed by atoms with Crippen LogP contribution < -0.4 is 0 Å². The lowest BCUT2D eigenvalue weighted by molar-refractivity contribution is -0.169. The molecule has 1 atom stereocenters. The Kier molecular flexibility index (Phi) is 4.97. The van der Waals surface area contributed by atoms with Crippen molar-refractivity contribution < 1.29 is 14.3 Å². The Morgan fingerprint density at radius 2 is 2.17 bits per heavy atom. The Morgan fingerprint density at radius 1 is 1.43 bits per heavy atom. The summed E-state index contributed by atoms with van der Waals surface area (Å²) in [6.07, 6.45) is 5.20. The molecule has 5 heteroatoms. The fourth-order valence-electron chi connectivity index (χ4n) is 3.42. The smallest absolute Gasteiger partial charge is 0.223 e. The fourth-order valence-corrected chi connectivity index (χ4v) is 3.42. The van der Waals surface area contributed by atoms with Crippen molar-refractivity contribution in [1.29, 1.82) is 0 Å². The third-order valence-corrected chi connectivity index (χ3v) is 4.79. The number of ether oxygens (including phenoxy) is 2. The minimum absolute atomic E-state index is 0.162. The molecular formula is C18H26N2O3. The van der Waals surface area contributed by atoms with E-state index in [1.54, 1.807) is 12.4 Å². The van der Waals surface area contributed by atoms with Gasteiger partial charge in [-0.3, -0.25) is 9.78 Å². The van der Waals surface area contributed by atoms with Gasteiger partial charge in [0, 0.05) is 31.3 Å². The molecule has 2 aliphatic heterocycles. The second-order valence-electron chi connectivity index (χ2n) is 7.12. The average molecular weight is 318 g/mol. The fraction of sp³-hybridized carbons (Fsp3) is 0.667. The Bertz CT molecular complexity index is 526. The maximum absolute atomic E-state index is 12.1. The third-order valence-electron chi connectivity index (χ3n) is 4.79. The van der Waals surface area contributed by atoms with Crippen molar-refractivity contribution in [3.8, 4) is 0 Å². The van der Waals surface area contributed by atoms with E-state index in [0.717, 1.165) is 31.7 Å². The van der Waals surface area contributed by atoms with Crippen molar-refractivity contribution in [2.24, 2.45) is 11.8 Å². The van der Waals surface area contributed by atoms with Crippen LogP contribution in [0.3, 0.4) is 0 Å². The van der Waals surface area contributed by atoms with Gasteiger partial charge in [0.1, 0.15) is 5.60 Å². The van der Waals surface area contributed by atoms with Gasteiger partial charge in [0.05, 0.1) is 26.3 Å². The van der Waals surface area contributed by atoms with Gasteiger partial charge in [-0.05, 0) is 30.0 Å². The lowest BCUT2D eigenvalue weighted by Crippen LogP contribution is -2.66. The minimum Gasteiger partial charge on any atom is -0.376 e. The topological polar surface area (TPSA) is 51.7 Å². The second kappa shape index (κ2) is 6.97. The quantitative estimate of drug-likeness (QED) is 0.807. The van der Waals surface area contributed by atoms with Gasteiger partial charge >= 0.3 is 0 Å². The molecule has 2 saturated heterocycles. The first-order chi connectivity index (χ1) is 11.1. The summed E-state index contributed by atoms with van der Waals surface area (Å²) >= 11 is 0. The van der Waals surface area contributed by atoms with Gasteiger partial charge < -0.3 is 14.4 Å². The maximum Gasteiger partial charge on any atom is 0.223 e. The zero-order chi connectivity index (χ0) is 16.3. The van der Waals surface area contributed by atoms with E-state index in [-0.39, 0.29) is 11.5 Å². The van der Waals surface area contributed by atoms with Crippen molar-refractivity contribution in [3.05, 3.63) is 30.1 Å². The summed E-state index contributed by atoms with van der Waals surface area (Å²) in [7, 11) is 0. The molecule has 0 bridgehead atoms. The number of hydrogen-bond donors (Lipinski definition) is 0. The summed E-state index contributed by atoms with van der Waals surface area (Å²) in [5.74, 6) is 1.04. The number of carbonyl (C=O) groups is 1. The molecule has 5 nitrogen and oxygen atoms in total. The number of carbonyl (C=O) groups excluding carboxylic acids is 1. The van der Waals surface area contributed by atoms with Crippen LogP contribution in [0.15, 0.2) is 24.5 Å². The molecule has 0 radical (unpaired) electrons. The first kappa shape index (κ1) is 16.4. The van der Waals surface area contributed by atoms with Gasteiger partial charge in [-0.15, -0.1) is 0 Å². The second-order valence-corrected chi connectivity index (χ2v) is 7.12. The van der Waals surface area contributed by atoms with Gasteiger partial charge in [0.2, 0.25) is 5.91 Å². The zero-order valence-electron chi connectivity index (χ0n) is 14.0. The maximum atomic E-state index is 12.1. The summed E-state index contributed by atoms with van der Waals surface area (Å²) < 4.78 is 11.9. The number of hydrogen-bond acceptors (Lipinski definition) is 4. The molecule has 3 rings (SSSR count). The average Bonchev–Trinajstić information content (AvgIpc) is 2.90. The number of likely N-dealkylation sites (tertiary alicyclic amines) is 1. The lowest BCUT2D eigenvalue weighted by atomic mass is 9.81. The normalized spacial score (nSPS) is 22.6. The Morgan fingerprint density at radius 3 is 2.87 bits per heavy atom. The Hall–Kier alpha value is -1.46. The van der Waals surface area contributed by atoms with E-state index in [9.17, 15) is 4.79 Å². The molecule has 2 fully saturated rings. The standard InChI is InChI=1S/C18H26N2O3/c1-14(2)9-17(21)20-12-18(13-20)16(5-8-23-18)11-22-10-15-3-6-19-7-4-15/h3-4,6-7,14,16H,5,8-13H2,1-2H3/t16-/m0/s1. The minimum atomic E-state index is -0.162. The number of pyridine rings is 1. The summed E-state index contributed by atoms with van der Waals surface area (Å²) in [5.41, 5.74) is 0.973. The van der Waals surface area contributed by atoms with Crippen LogP contribution in [0.5, 0.6) is 0 Å². The SMILES string of the molecule is CC(C)CC(=O)N1CC2(C1)OCC[C@H]2COCc1ccncc1. The molecule has 0 aromatic carbocycles. The van der Waals surface area contributed by atoms with Crippen LogP contribution in [0.2, 0.25) is 0 Å². The van der Waals surface area contributed by atoms with Gasteiger partial charge in [-0.2, -0.15) is 0 Å². The van der Waals surface area contributed by atoms with Crippen molar-refractivity contribution in [1.82, 2.24) is 9.88 Å². The van der Waals surface area contributed by atoms with Crippen LogP contribution in [0.1, 0.15) is 32.3 Å². The molecule has 1 amide bonds. The summed E-state index contributed by atoms with van der Waals surface area (Å²) in [6.45, 7) is 7.67. The molecule has 0 N–H and O–H groups in total. The number of amides is 1. The predicted molar refractivity (Wildman–Crippen MR) is 86.7 cm³/mol. The lowest BCUT2D eigenvalue weighted by Gasteiger charge is -2.50. The monoisotopic (exact) mass is 318 g/mol. The van der Waals surface area contributed by atoms with Gasteiger partial charge in [-0.25, -0.2) is 0 Å². The van der Waals surface area contributed by atoms with E-state index in [0.29, 0.717) is 31.5 Å². The molecule has 126 valence electrons. The highest BCUT2D eigenvalue weighted by Gasteiger charge is 2.54. The van der Waals surface area contributed by atoms with Crippen molar-refractivity contribution >= 4 is 5.91 Å². The summed E-state index contributed by atoms with van der Waals surface area (Å²) in [6, 6.07) is 3.94. The number of nitrogens with zero attached hydrogens (tertiary/aromatic N) is 2. The highest BCUT2D eigenvalue weighted by atomic mass is 16.5. The Labute approximate surface area is 138 Å². The van der Waals surface area contributed by atoms with E-state index in [2.05, 4.69) is 18.8 Å². The van der Waals surface area contributed by atoms with Crippen LogP contribution in [-0.4, -0.2) is 47.7 Å². The first-order valence-corrected chi connectivity index (χ1v) is 8.47. The Balaban J connectivity index is 1.46. The van der Waals surface area contributed by atoms with E-state index < -0.39 is 0 Å². The van der Waals surface area contributed by atoms with Crippen LogP contribution in [-0.2, 0) is 20.9 Å². The third kappa shape index (κ3) is 3.72. The molecule has 0 aliphatic carbocycles. The van der Waals surface area contributed by atoms with E-state index in [4.69, 9.17) is 9.47 Å². The van der Waals surface area contributed by atoms with Crippen LogP contribution in [0.4, 0.5) is 0 Å². The van der Waals surface area contributed by atoms with Crippen molar-refractivity contribution in [3.63, 3.8) is 0 Å².